The van der Waals surface area contributed by atoms with Gasteiger partial charge in [0.1, 0.15) is 5.75 Å². The molecule has 0 aliphatic heterocycles. The molecule has 1 heterocycles. The number of nitrogen functional groups attached to an aromatic ring is 1. The third-order valence-corrected chi connectivity index (χ3v) is 4.51. The molecule has 0 radical (unpaired) electrons. The molecule has 2 N–H and O–H groups in total. The van der Waals surface area contributed by atoms with Gasteiger partial charge in [0.15, 0.2) is 6.61 Å². The summed E-state index contributed by atoms with van der Waals surface area (Å²) in [6, 6.07) is 10.4. The zero-order valence-electron chi connectivity index (χ0n) is 14.8. The van der Waals surface area contributed by atoms with Crippen molar-refractivity contribution in [2.24, 2.45) is 0 Å². The number of halogens is 3. The fourth-order valence-corrected chi connectivity index (χ4v) is 2.83. The molecule has 0 spiro atoms. The maximum atomic E-state index is 12.3. The van der Waals surface area contributed by atoms with Gasteiger partial charge in [-0.05, 0) is 49.2 Å². The SMILES string of the molecule is Cc1cc(OCC(F)(F)F)ccc1C(C)(C#N)C(C)c1ccc(N)cn1. The molecule has 2 aromatic rings. The number of nitriles is 1. The molecule has 1 aromatic carbocycles. The number of hydrogen-bond donors (Lipinski definition) is 1. The van der Waals surface area contributed by atoms with Gasteiger partial charge in [-0.2, -0.15) is 18.4 Å². The second-order valence-electron chi connectivity index (χ2n) is 6.43. The average Bonchev–Trinajstić information content (AvgIpc) is 2.59. The zero-order valence-corrected chi connectivity index (χ0v) is 14.8. The van der Waals surface area contributed by atoms with Crippen molar-refractivity contribution in [3.8, 4) is 11.8 Å². The number of benzene rings is 1. The fourth-order valence-electron chi connectivity index (χ4n) is 2.83. The third-order valence-electron chi connectivity index (χ3n) is 4.51. The summed E-state index contributed by atoms with van der Waals surface area (Å²) in [5, 5.41) is 9.85. The van der Waals surface area contributed by atoms with Crippen LogP contribution in [0.2, 0.25) is 0 Å². The van der Waals surface area contributed by atoms with E-state index in [4.69, 9.17) is 10.5 Å². The van der Waals surface area contributed by atoms with Crippen LogP contribution in [0.15, 0.2) is 36.5 Å². The van der Waals surface area contributed by atoms with Gasteiger partial charge in [0.25, 0.3) is 0 Å². The van der Waals surface area contributed by atoms with Crippen LogP contribution < -0.4 is 10.5 Å². The summed E-state index contributed by atoms with van der Waals surface area (Å²) < 4.78 is 41.7. The number of ether oxygens (including phenoxy) is 1. The van der Waals surface area contributed by atoms with Gasteiger partial charge in [-0.15, -0.1) is 0 Å². The van der Waals surface area contributed by atoms with Crippen LogP contribution in [0.4, 0.5) is 18.9 Å². The van der Waals surface area contributed by atoms with Gasteiger partial charge in [-0.25, -0.2) is 0 Å². The Balaban J connectivity index is 2.34. The normalized spacial score (nSPS) is 15.0. The van der Waals surface area contributed by atoms with Crippen LogP contribution >= 0.6 is 0 Å². The van der Waals surface area contributed by atoms with E-state index in [0.29, 0.717) is 22.5 Å². The van der Waals surface area contributed by atoms with Crippen molar-refractivity contribution in [3.05, 3.63) is 53.3 Å². The van der Waals surface area contributed by atoms with Crippen LogP contribution in [0.3, 0.4) is 0 Å². The summed E-state index contributed by atoms with van der Waals surface area (Å²) >= 11 is 0. The van der Waals surface area contributed by atoms with Gasteiger partial charge in [-0.1, -0.05) is 13.0 Å². The maximum absolute atomic E-state index is 12.3. The van der Waals surface area contributed by atoms with E-state index in [-0.39, 0.29) is 11.7 Å². The molecular weight excluding hydrogens is 343 g/mol. The summed E-state index contributed by atoms with van der Waals surface area (Å²) in [4.78, 5) is 4.30. The third kappa shape index (κ3) is 4.26. The van der Waals surface area contributed by atoms with E-state index in [2.05, 4.69) is 11.1 Å². The number of aryl methyl sites for hydroxylation is 1. The molecule has 0 aliphatic rings. The van der Waals surface area contributed by atoms with Gasteiger partial charge in [0, 0.05) is 11.6 Å². The van der Waals surface area contributed by atoms with Crippen molar-refractivity contribution in [2.45, 2.75) is 38.3 Å². The lowest BCUT2D eigenvalue weighted by molar-refractivity contribution is -0.153. The molecular formula is C19H20F3N3O. The van der Waals surface area contributed by atoms with Crippen molar-refractivity contribution in [3.63, 3.8) is 0 Å². The standard InChI is InChI=1S/C19H20F3N3O/c1-12-8-15(26-11-19(20,21)22)5-6-16(12)18(3,10-23)13(2)17-7-4-14(24)9-25-17/h4-9,13H,11,24H2,1-3H3. The Bertz CT molecular complexity index is 812. The molecule has 0 saturated heterocycles. The molecule has 26 heavy (non-hydrogen) atoms. The summed E-state index contributed by atoms with van der Waals surface area (Å²) in [6.45, 7) is 4.06. The highest BCUT2D eigenvalue weighted by Gasteiger charge is 2.36. The lowest BCUT2D eigenvalue weighted by atomic mass is 9.71. The Kier molecular flexibility index (Phi) is 5.45. The van der Waals surface area contributed by atoms with Gasteiger partial charge >= 0.3 is 6.18 Å². The maximum Gasteiger partial charge on any atom is 0.422 e. The number of rotatable bonds is 5. The second kappa shape index (κ2) is 7.24. The monoisotopic (exact) mass is 363 g/mol. The number of aromatic nitrogens is 1. The number of pyridine rings is 1. The summed E-state index contributed by atoms with van der Waals surface area (Å²) in [5.74, 6) is -0.143. The minimum absolute atomic E-state index is 0.113. The first kappa shape index (κ1) is 19.6. The minimum atomic E-state index is -4.40. The molecule has 7 heteroatoms. The molecule has 2 unspecified atom stereocenters. The van der Waals surface area contributed by atoms with Crippen molar-refractivity contribution in [1.29, 1.82) is 5.26 Å². The van der Waals surface area contributed by atoms with Crippen molar-refractivity contribution >= 4 is 5.69 Å². The van der Waals surface area contributed by atoms with E-state index in [1.54, 1.807) is 32.0 Å². The quantitative estimate of drug-likeness (QED) is 0.849. The first-order valence-corrected chi connectivity index (χ1v) is 8.00. The van der Waals surface area contributed by atoms with Crippen molar-refractivity contribution < 1.29 is 17.9 Å². The highest BCUT2D eigenvalue weighted by atomic mass is 19.4. The number of anilines is 1. The van der Waals surface area contributed by atoms with E-state index in [1.165, 1.54) is 18.3 Å². The Morgan fingerprint density at radius 2 is 1.96 bits per heavy atom. The topological polar surface area (TPSA) is 71.9 Å². The zero-order chi connectivity index (χ0) is 19.5. The van der Waals surface area contributed by atoms with Gasteiger partial charge < -0.3 is 10.5 Å². The van der Waals surface area contributed by atoms with Crippen LogP contribution in [-0.4, -0.2) is 17.8 Å². The molecule has 0 amide bonds. The molecule has 138 valence electrons. The van der Waals surface area contributed by atoms with Crippen molar-refractivity contribution in [2.75, 3.05) is 12.3 Å². The van der Waals surface area contributed by atoms with Crippen LogP contribution in [0.25, 0.3) is 0 Å². The van der Waals surface area contributed by atoms with Gasteiger partial charge in [0.05, 0.1) is 23.4 Å². The van der Waals surface area contributed by atoms with E-state index in [1.807, 2.05) is 6.92 Å². The Labute approximate surface area is 150 Å². The van der Waals surface area contributed by atoms with E-state index < -0.39 is 18.2 Å². The molecule has 2 rings (SSSR count). The van der Waals surface area contributed by atoms with Gasteiger partial charge in [0.2, 0.25) is 0 Å². The predicted molar refractivity (Wildman–Crippen MR) is 92.8 cm³/mol. The Hall–Kier alpha value is -2.75. The molecule has 4 nitrogen and oxygen atoms in total. The van der Waals surface area contributed by atoms with Crippen LogP contribution in [0.1, 0.15) is 36.6 Å². The van der Waals surface area contributed by atoms with Gasteiger partial charge in [-0.3, -0.25) is 4.98 Å². The molecule has 2 atom stereocenters. The lowest BCUT2D eigenvalue weighted by Crippen LogP contribution is -2.28. The molecule has 0 saturated carbocycles. The summed E-state index contributed by atoms with van der Waals surface area (Å²) in [7, 11) is 0. The molecule has 0 aliphatic carbocycles. The van der Waals surface area contributed by atoms with E-state index >= 15 is 0 Å². The Morgan fingerprint density at radius 3 is 2.46 bits per heavy atom. The van der Waals surface area contributed by atoms with Crippen LogP contribution in [-0.2, 0) is 5.41 Å². The van der Waals surface area contributed by atoms with E-state index in [9.17, 15) is 18.4 Å². The summed E-state index contributed by atoms with van der Waals surface area (Å²) in [5.41, 5.74) is 7.37. The minimum Gasteiger partial charge on any atom is -0.484 e. The largest absolute Gasteiger partial charge is 0.484 e. The smallest absolute Gasteiger partial charge is 0.422 e. The average molecular weight is 363 g/mol. The predicted octanol–water partition coefficient (Wildman–Crippen LogP) is 4.50. The highest BCUT2D eigenvalue weighted by Crippen LogP contribution is 2.40. The molecule has 0 bridgehead atoms. The number of hydrogen-bond acceptors (Lipinski definition) is 4. The lowest BCUT2D eigenvalue weighted by Gasteiger charge is -2.30. The summed E-state index contributed by atoms with van der Waals surface area (Å²) in [6.07, 6.45) is -2.87. The fraction of sp³-hybridized carbons (Fsp3) is 0.368. The second-order valence-corrected chi connectivity index (χ2v) is 6.43. The molecule has 0 fully saturated rings. The number of nitrogens with zero attached hydrogens (tertiary/aromatic N) is 2. The van der Waals surface area contributed by atoms with Crippen LogP contribution in [0, 0.1) is 18.3 Å². The first-order chi connectivity index (χ1) is 12.1. The van der Waals surface area contributed by atoms with Crippen molar-refractivity contribution in [1.82, 2.24) is 4.98 Å². The first-order valence-electron chi connectivity index (χ1n) is 8.00. The number of alkyl halides is 3. The Morgan fingerprint density at radius 1 is 1.27 bits per heavy atom. The van der Waals surface area contributed by atoms with E-state index in [0.717, 1.165) is 0 Å². The highest BCUT2D eigenvalue weighted by molar-refractivity contribution is 5.46. The molecule has 1 aromatic heterocycles. The van der Waals surface area contributed by atoms with Crippen LogP contribution in [0.5, 0.6) is 5.75 Å². The number of nitrogens with two attached hydrogens (primary N) is 1.